The van der Waals surface area contributed by atoms with Gasteiger partial charge in [0.1, 0.15) is 0 Å². The Kier molecular flexibility index (Phi) is 3.40. The van der Waals surface area contributed by atoms with Crippen LogP contribution in [0.3, 0.4) is 0 Å². The SMILES string of the molecule is NC1CCCN(Cc2nc(-c3cccs3)no2)C1. The van der Waals surface area contributed by atoms with E-state index in [4.69, 9.17) is 10.3 Å². The minimum atomic E-state index is 0.276. The number of hydrogen-bond donors (Lipinski definition) is 1. The maximum Gasteiger partial charge on any atom is 0.241 e. The molecule has 2 N–H and O–H groups in total. The molecule has 18 heavy (non-hydrogen) atoms. The molecule has 0 aliphatic carbocycles. The van der Waals surface area contributed by atoms with Crippen LogP contribution in [-0.2, 0) is 6.54 Å². The third-order valence-electron chi connectivity index (χ3n) is 3.11. The van der Waals surface area contributed by atoms with Gasteiger partial charge in [-0.25, -0.2) is 0 Å². The second kappa shape index (κ2) is 5.17. The van der Waals surface area contributed by atoms with E-state index in [0.717, 1.165) is 30.8 Å². The number of hydrogen-bond acceptors (Lipinski definition) is 6. The van der Waals surface area contributed by atoms with Crippen molar-refractivity contribution in [2.75, 3.05) is 13.1 Å². The minimum Gasteiger partial charge on any atom is -0.338 e. The molecule has 1 fully saturated rings. The smallest absolute Gasteiger partial charge is 0.241 e. The van der Waals surface area contributed by atoms with Crippen LogP contribution in [0.15, 0.2) is 22.0 Å². The van der Waals surface area contributed by atoms with Crippen molar-refractivity contribution in [2.45, 2.75) is 25.4 Å². The van der Waals surface area contributed by atoms with Crippen molar-refractivity contribution in [3.8, 4) is 10.7 Å². The van der Waals surface area contributed by atoms with Crippen molar-refractivity contribution in [3.63, 3.8) is 0 Å². The highest BCUT2D eigenvalue weighted by Gasteiger charge is 2.19. The number of piperidine rings is 1. The number of aromatic nitrogens is 2. The monoisotopic (exact) mass is 264 g/mol. The molecule has 0 saturated carbocycles. The highest BCUT2D eigenvalue weighted by Crippen LogP contribution is 2.22. The number of nitrogens with two attached hydrogens (primary N) is 1. The Balaban J connectivity index is 1.66. The molecular weight excluding hydrogens is 248 g/mol. The highest BCUT2D eigenvalue weighted by atomic mass is 32.1. The molecule has 0 aromatic carbocycles. The number of rotatable bonds is 3. The van der Waals surface area contributed by atoms with E-state index in [1.807, 2.05) is 17.5 Å². The van der Waals surface area contributed by atoms with Crippen LogP contribution in [0.2, 0.25) is 0 Å². The Morgan fingerprint density at radius 2 is 2.50 bits per heavy atom. The zero-order valence-electron chi connectivity index (χ0n) is 10.1. The Labute approximate surface area is 110 Å². The summed E-state index contributed by atoms with van der Waals surface area (Å²) in [5.41, 5.74) is 5.95. The molecule has 3 rings (SSSR count). The quantitative estimate of drug-likeness (QED) is 0.914. The Hall–Kier alpha value is -1.24. The Morgan fingerprint density at radius 3 is 3.28 bits per heavy atom. The second-order valence-electron chi connectivity index (χ2n) is 4.63. The summed E-state index contributed by atoms with van der Waals surface area (Å²) in [5, 5.41) is 6.02. The minimum absolute atomic E-state index is 0.276. The van der Waals surface area contributed by atoms with Gasteiger partial charge in [-0.3, -0.25) is 4.90 Å². The molecule has 0 radical (unpaired) electrons. The van der Waals surface area contributed by atoms with E-state index >= 15 is 0 Å². The normalized spacial score (nSPS) is 21.3. The molecule has 3 heterocycles. The fourth-order valence-electron chi connectivity index (χ4n) is 2.25. The van der Waals surface area contributed by atoms with Crippen LogP contribution in [0.25, 0.3) is 10.7 Å². The van der Waals surface area contributed by atoms with Gasteiger partial charge in [-0.15, -0.1) is 11.3 Å². The van der Waals surface area contributed by atoms with Gasteiger partial charge in [0.15, 0.2) is 0 Å². The summed E-state index contributed by atoms with van der Waals surface area (Å²) < 4.78 is 5.29. The van der Waals surface area contributed by atoms with Gasteiger partial charge < -0.3 is 10.3 Å². The molecule has 2 aromatic rings. The van der Waals surface area contributed by atoms with Crippen molar-refractivity contribution < 1.29 is 4.52 Å². The fraction of sp³-hybridized carbons (Fsp3) is 0.500. The summed E-state index contributed by atoms with van der Waals surface area (Å²) >= 11 is 1.62. The zero-order valence-corrected chi connectivity index (χ0v) is 10.9. The van der Waals surface area contributed by atoms with E-state index in [0.29, 0.717) is 18.3 Å². The zero-order chi connectivity index (χ0) is 12.4. The van der Waals surface area contributed by atoms with Crippen LogP contribution in [0.4, 0.5) is 0 Å². The van der Waals surface area contributed by atoms with E-state index in [1.54, 1.807) is 11.3 Å². The molecule has 1 atom stereocenters. The van der Waals surface area contributed by atoms with Gasteiger partial charge in [-0.05, 0) is 30.8 Å². The third-order valence-corrected chi connectivity index (χ3v) is 3.98. The molecule has 1 aliphatic heterocycles. The molecular formula is C12H16N4OS. The standard InChI is InChI=1S/C12H16N4OS/c13-9-3-1-5-16(7-9)8-11-14-12(15-17-11)10-4-2-6-18-10/h2,4,6,9H,1,3,5,7-8,13H2. The average molecular weight is 264 g/mol. The largest absolute Gasteiger partial charge is 0.338 e. The van der Waals surface area contributed by atoms with Gasteiger partial charge in [0.2, 0.25) is 11.7 Å². The lowest BCUT2D eigenvalue weighted by Crippen LogP contribution is -2.42. The molecule has 0 spiro atoms. The van der Waals surface area contributed by atoms with Crippen molar-refractivity contribution in [2.24, 2.45) is 5.73 Å². The maximum absolute atomic E-state index is 5.95. The van der Waals surface area contributed by atoms with Gasteiger partial charge in [0.05, 0.1) is 11.4 Å². The number of nitrogens with zero attached hydrogens (tertiary/aromatic N) is 3. The third kappa shape index (κ3) is 2.60. The van der Waals surface area contributed by atoms with Gasteiger partial charge in [0.25, 0.3) is 0 Å². The fourth-order valence-corrected chi connectivity index (χ4v) is 2.90. The predicted molar refractivity (Wildman–Crippen MR) is 70.1 cm³/mol. The molecule has 96 valence electrons. The average Bonchev–Trinajstić information content (AvgIpc) is 2.98. The van der Waals surface area contributed by atoms with E-state index < -0.39 is 0 Å². The Morgan fingerprint density at radius 1 is 1.56 bits per heavy atom. The van der Waals surface area contributed by atoms with E-state index in [1.165, 1.54) is 0 Å². The first-order valence-corrected chi connectivity index (χ1v) is 7.03. The van der Waals surface area contributed by atoms with Crippen LogP contribution < -0.4 is 5.73 Å². The van der Waals surface area contributed by atoms with Gasteiger partial charge in [-0.2, -0.15) is 4.98 Å². The van der Waals surface area contributed by atoms with Crippen LogP contribution in [0, 0.1) is 0 Å². The topological polar surface area (TPSA) is 68.2 Å². The summed E-state index contributed by atoms with van der Waals surface area (Å²) in [4.78, 5) is 7.74. The first-order chi connectivity index (χ1) is 8.81. The summed E-state index contributed by atoms with van der Waals surface area (Å²) in [7, 11) is 0. The molecule has 5 nitrogen and oxygen atoms in total. The second-order valence-corrected chi connectivity index (χ2v) is 5.57. The molecule has 0 amide bonds. The van der Waals surface area contributed by atoms with E-state index in [2.05, 4.69) is 15.0 Å². The molecule has 1 unspecified atom stereocenters. The lowest BCUT2D eigenvalue weighted by molar-refractivity contribution is 0.178. The lowest BCUT2D eigenvalue weighted by Gasteiger charge is -2.29. The van der Waals surface area contributed by atoms with Crippen LogP contribution in [0.5, 0.6) is 0 Å². The van der Waals surface area contributed by atoms with E-state index in [9.17, 15) is 0 Å². The summed E-state index contributed by atoms with van der Waals surface area (Å²) in [6, 6.07) is 4.26. The summed E-state index contributed by atoms with van der Waals surface area (Å²) in [6.07, 6.45) is 2.26. The van der Waals surface area contributed by atoms with Crippen molar-refractivity contribution >= 4 is 11.3 Å². The van der Waals surface area contributed by atoms with Crippen LogP contribution in [0.1, 0.15) is 18.7 Å². The number of thiophene rings is 1. The molecule has 2 aromatic heterocycles. The lowest BCUT2D eigenvalue weighted by atomic mass is 10.1. The first kappa shape index (κ1) is 11.8. The molecule has 1 aliphatic rings. The van der Waals surface area contributed by atoms with Gasteiger partial charge in [-0.1, -0.05) is 11.2 Å². The summed E-state index contributed by atoms with van der Waals surface area (Å²) in [6.45, 7) is 2.67. The predicted octanol–water partition coefficient (Wildman–Crippen LogP) is 1.72. The Bertz CT molecular complexity index is 496. The molecule has 1 saturated heterocycles. The highest BCUT2D eigenvalue weighted by molar-refractivity contribution is 7.13. The van der Waals surface area contributed by atoms with Crippen molar-refractivity contribution in [1.29, 1.82) is 0 Å². The molecule has 6 heteroatoms. The van der Waals surface area contributed by atoms with Crippen LogP contribution >= 0.6 is 11.3 Å². The van der Waals surface area contributed by atoms with Gasteiger partial charge in [0, 0.05) is 12.6 Å². The summed E-state index contributed by atoms with van der Waals surface area (Å²) in [5.74, 6) is 1.36. The van der Waals surface area contributed by atoms with Crippen molar-refractivity contribution in [3.05, 3.63) is 23.4 Å². The van der Waals surface area contributed by atoms with E-state index in [-0.39, 0.29) is 6.04 Å². The number of likely N-dealkylation sites (tertiary alicyclic amines) is 1. The van der Waals surface area contributed by atoms with Gasteiger partial charge >= 0.3 is 0 Å². The maximum atomic E-state index is 5.95. The first-order valence-electron chi connectivity index (χ1n) is 6.15. The van der Waals surface area contributed by atoms with Crippen molar-refractivity contribution in [1.82, 2.24) is 15.0 Å². The molecule has 0 bridgehead atoms. The van der Waals surface area contributed by atoms with Crippen LogP contribution in [-0.4, -0.2) is 34.2 Å².